The van der Waals surface area contributed by atoms with Crippen LogP contribution in [0.3, 0.4) is 0 Å². The summed E-state index contributed by atoms with van der Waals surface area (Å²) < 4.78 is 19.1. The maximum atomic E-state index is 13.5. The summed E-state index contributed by atoms with van der Waals surface area (Å²) in [6, 6.07) is 12.9. The highest BCUT2D eigenvalue weighted by molar-refractivity contribution is 5.41. The Bertz CT molecular complexity index is 649. The second-order valence-corrected chi connectivity index (χ2v) is 4.32. The van der Waals surface area contributed by atoms with Gasteiger partial charge in [-0.25, -0.2) is 4.39 Å². The second-order valence-electron chi connectivity index (χ2n) is 4.32. The quantitative estimate of drug-likeness (QED) is 0.916. The molecule has 0 radical (unpaired) electrons. The average Bonchev–Trinajstić information content (AvgIpc) is 2.47. The number of hydrogen-bond donors (Lipinski definition) is 1. The largest absolute Gasteiger partial charge is 0.457 e. The molecule has 2 rings (SSSR count). The van der Waals surface area contributed by atoms with Gasteiger partial charge >= 0.3 is 0 Å². The first-order valence-electron chi connectivity index (χ1n) is 6.30. The molecule has 0 amide bonds. The van der Waals surface area contributed by atoms with Crippen molar-refractivity contribution >= 4 is 0 Å². The van der Waals surface area contributed by atoms with Crippen molar-refractivity contribution in [3.8, 4) is 17.6 Å². The molecule has 1 N–H and O–H groups in total. The number of nitrogens with zero attached hydrogens (tertiary/aromatic N) is 1. The van der Waals surface area contributed by atoms with Crippen molar-refractivity contribution < 1.29 is 14.2 Å². The van der Waals surface area contributed by atoms with Gasteiger partial charge in [-0.15, -0.1) is 0 Å². The van der Waals surface area contributed by atoms with E-state index >= 15 is 0 Å². The maximum Gasteiger partial charge on any atom is 0.144 e. The first-order chi connectivity index (χ1) is 9.65. The normalized spacial score (nSPS) is 11.7. The van der Waals surface area contributed by atoms with Gasteiger partial charge in [0.25, 0.3) is 0 Å². The SMILES string of the molecule is CC[C@H](O)c1ccccc1Oc1ccc(C#N)c(F)c1. The van der Waals surface area contributed by atoms with Gasteiger partial charge in [-0.2, -0.15) is 5.26 Å². The predicted molar refractivity (Wildman–Crippen MR) is 72.9 cm³/mol. The molecule has 0 aliphatic rings. The fourth-order valence-electron chi connectivity index (χ4n) is 1.85. The highest BCUT2D eigenvalue weighted by Crippen LogP contribution is 2.31. The summed E-state index contributed by atoms with van der Waals surface area (Å²) in [5.74, 6) is 0.140. The maximum absolute atomic E-state index is 13.5. The molecule has 0 bridgehead atoms. The van der Waals surface area contributed by atoms with E-state index in [4.69, 9.17) is 10.00 Å². The average molecular weight is 271 g/mol. The predicted octanol–water partition coefficient (Wildman–Crippen LogP) is 3.93. The highest BCUT2D eigenvalue weighted by Gasteiger charge is 2.12. The second kappa shape index (κ2) is 6.18. The summed E-state index contributed by atoms with van der Waals surface area (Å²) in [6.07, 6.45) is -0.0725. The lowest BCUT2D eigenvalue weighted by molar-refractivity contribution is 0.170. The van der Waals surface area contributed by atoms with E-state index in [9.17, 15) is 9.50 Å². The van der Waals surface area contributed by atoms with Crippen LogP contribution < -0.4 is 4.74 Å². The number of aliphatic hydroxyl groups is 1. The van der Waals surface area contributed by atoms with E-state index in [2.05, 4.69) is 0 Å². The zero-order valence-electron chi connectivity index (χ0n) is 11.0. The van der Waals surface area contributed by atoms with Crippen molar-refractivity contribution in [1.29, 1.82) is 5.26 Å². The fourth-order valence-corrected chi connectivity index (χ4v) is 1.85. The van der Waals surface area contributed by atoms with Crippen molar-refractivity contribution in [2.75, 3.05) is 0 Å². The first-order valence-corrected chi connectivity index (χ1v) is 6.30. The zero-order chi connectivity index (χ0) is 14.5. The minimum absolute atomic E-state index is 0.0285. The molecule has 0 aliphatic carbocycles. The van der Waals surface area contributed by atoms with E-state index in [1.807, 2.05) is 6.92 Å². The number of aliphatic hydroxyl groups excluding tert-OH is 1. The van der Waals surface area contributed by atoms with E-state index in [0.717, 1.165) is 6.07 Å². The molecule has 0 saturated carbocycles. The molecule has 1 atom stereocenters. The number of halogens is 1. The Morgan fingerprint density at radius 2 is 2.05 bits per heavy atom. The summed E-state index contributed by atoms with van der Waals surface area (Å²) in [5.41, 5.74) is 0.624. The topological polar surface area (TPSA) is 53.2 Å². The van der Waals surface area contributed by atoms with Crippen LogP contribution >= 0.6 is 0 Å². The van der Waals surface area contributed by atoms with Crippen molar-refractivity contribution in [3.63, 3.8) is 0 Å². The Hall–Kier alpha value is -2.38. The molecular formula is C16H14FNO2. The number of ether oxygens (including phenoxy) is 1. The molecule has 0 unspecified atom stereocenters. The Kier molecular flexibility index (Phi) is 4.34. The van der Waals surface area contributed by atoms with Crippen LogP contribution in [0.4, 0.5) is 4.39 Å². The standard InChI is InChI=1S/C16H14FNO2/c1-2-15(19)13-5-3-4-6-16(13)20-12-8-7-11(10-18)14(17)9-12/h3-9,15,19H,2H2,1H3/t15-/m0/s1. The van der Waals surface area contributed by atoms with E-state index in [0.29, 0.717) is 17.7 Å². The van der Waals surface area contributed by atoms with Crippen molar-refractivity contribution in [2.24, 2.45) is 0 Å². The van der Waals surface area contributed by atoms with Gasteiger partial charge in [-0.3, -0.25) is 0 Å². The van der Waals surface area contributed by atoms with Crippen molar-refractivity contribution in [2.45, 2.75) is 19.4 Å². The summed E-state index contributed by atoms with van der Waals surface area (Å²) in [6.45, 7) is 1.86. The molecular weight excluding hydrogens is 257 g/mol. The lowest BCUT2D eigenvalue weighted by atomic mass is 10.1. The van der Waals surface area contributed by atoms with Crippen LogP contribution in [-0.2, 0) is 0 Å². The van der Waals surface area contributed by atoms with Gasteiger partial charge in [0.15, 0.2) is 0 Å². The number of hydrogen-bond acceptors (Lipinski definition) is 3. The van der Waals surface area contributed by atoms with Crippen LogP contribution in [0, 0.1) is 17.1 Å². The van der Waals surface area contributed by atoms with Gasteiger partial charge in [-0.05, 0) is 24.6 Å². The van der Waals surface area contributed by atoms with Crippen LogP contribution in [-0.4, -0.2) is 5.11 Å². The van der Waals surface area contributed by atoms with Crippen LogP contribution in [0.1, 0.15) is 30.6 Å². The van der Waals surface area contributed by atoms with Crippen LogP contribution in [0.25, 0.3) is 0 Å². The lowest BCUT2D eigenvalue weighted by Gasteiger charge is -2.14. The van der Waals surface area contributed by atoms with E-state index in [-0.39, 0.29) is 11.3 Å². The number of nitriles is 1. The third kappa shape index (κ3) is 2.95. The van der Waals surface area contributed by atoms with Gasteiger partial charge in [0.2, 0.25) is 0 Å². The van der Waals surface area contributed by atoms with Gasteiger partial charge in [-0.1, -0.05) is 25.1 Å². The summed E-state index contributed by atoms with van der Waals surface area (Å²) >= 11 is 0. The molecule has 3 nitrogen and oxygen atoms in total. The Morgan fingerprint density at radius 1 is 1.30 bits per heavy atom. The molecule has 0 fully saturated rings. The number of para-hydroxylation sites is 1. The molecule has 0 heterocycles. The minimum atomic E-state index is -0.630. The number of benzene rings is 2. The lowest BCUT2D eigenvalue weighted by Crippen LogP contribution is -1.99. The highest BCUT2D eigenvalue weighted by atomic mass is 19.1. The third-order valence-electron chi connectivity index (χ3n) is 2.95. The Morgan fingerprint density at radius 3 is 2.70 bits per heavy atom. The van der Waals surface area contributed by atoms with Gasteiger partial charge < -0.3 is 9.84 Å². The fraction of sp³-hybridized carbons (Fsp3) is 0.188. The third-order valence-corrected chi connectivity index (χ3v) is 2.95. The molecule has 0 saturated heterocycles. The van der Waals surface area contributed by atoms with Crippen LogP contribution in [0.2, 0.25) is 0 Å². The zero-order valence-corrected chi connectivity index (χ0v) is 11.0. The molecule has 20 heavy (non-hydrogen) atoms. The molecule has 0 aromatic heterocycles. The summed E-state index contributed by atoms with van der Waals surface area (Å²) in [7, 11) is 0. The van der Waals surface area contributed by atoms with Crippen molar-refractivity contribution in [1.82, 2.24) is 0 Å². The van der Waals surface area contributed by atoms with E-state index < -0.39 is 11.9 Å². The molecule has 0 aliphatic heterocycles. The smallest absolute Gasteiger partial charge is 0.144 e. The van der Waals surface area contributed by atoms with E-state index in [1.165, 1.54) is 12.1 Å². The van der Waals surface area contributed by atoms with Crippen LogP contribution in [0.5, 0.6) is 11.5 Å². The van der Waals surface area contributed by atoms with Gasteiger partial charge in [0.1, 0.15) is 23.4 Å². The molecule has 2 aromatic rings. The van der Waals surface area contributed by atoms with Gasteiger partial charge in [0.05, 0.1) is 11.7 Å². The summed E-state index contributed by atoms with van der Waals surface area (Å²) in [4.78, 5) is 0. The molecule has 0 spiro atoms. The Balaban J connectivity index is 2.31. The van der Waals surface area contributed by atoms with Crippen LogP contribution in [0.15, 0.2) is 42.5 Å². The first kappa shape index (κ1) is 14.0. The minimum Gasteiger partial charge on any atom is -0.457 e. The monoisotopic (exact) mass is 271 g/mol. The summed E-state index contributed by atoms with van der Waals surface area (Å²) in [5, 5.41) is 18.6. The van der Waals surface area contributed by atoms with E-state index in [1.54, 1.807) is 30.3 Å². The molecule has 102 valence electrons. The Labute approximate surface area is 116 Å². The number of rotatable bonds is 4. The molecule has 2 aromatic carbocycles. The molecule has 4 heteroatoms. The van der Waals surface area contributed by atoms with Gasteiger partial charge in [0, 0.05) is 11.6 Å². The van der Waals surface area contributed by atoms with Crippen molar-refractivity contribution in [3.05, 3.63) is 59.4 Å².